The van der Waals surface area contributed by atoms with Gasteiger partial charge in [-0.3, -0.25) is 4.79 Å². The van der Waals surface area contributed by atoms with Gasteiger partial charge in [-0.15, -0.1) is 0 Å². The van der Waals surface area contributed by atoms with Crippen LogP contribution in [0.25, 0.3) is 0 Å². The Bertz CT molecular complexity index is 273. The van der Waals surface area contributed by atoms with Gasteiger partial charge in [-0.05, 0) is 12.2 Å². The number of aliphatic imine (C=N–C) groups is 2. The average molecular weight is 149 g/mol. The van der Waals surface area contributed by atoms with Crippen LogP contribution in [-0.2, 0) is 4.79 Å². The van der Waals surface area contributed by atoms with E-state index < -0.39 is 5.91 Å². The summed E-state index contributed by atoms with van der Waals surface area (Å²) in [6, 6.07) is 0. The third-order valence-corrected chi connectivity index (χ3v) is 1.01. The van der Waals surface area contributed by atoms with Crippen molar-refractivity contribution in [1.29, 1.82) is 0 Å². The Morgan fingerprint density at radius 3 is 2.91 bits per heavy atom. The van der Waals surface area contributed by atoms with Gasteiger partial charge < -0.3 is 5.73 Å². The van der Waals surface area contributed by atoms with Crippen LogP contribution in [0.15, 0.2) is 34.4 Å². The van der Waals surface area contributed by atoms with E-state index in [4.69, 9.17) is 5.73 Å². The summed E-state index contributed by atoms with van der Waals surface area (Å²) in [6.07, 6.45) is 8.06. The van der Waals surface area contributed by atoms with Gasteiger partial charge in [0.05, 0.1) is 0 Å². The highest BCUT2D eigenvalue weighted by molar-refractivity contribution is 6.39. The SMILES string of the molecule is NC(=O)C1=N/C=C\C=C/C=N\1. The van der Waals surface area contributed by atoms with Crippen LogP contribution >= 0.6 is 0 Å². The zero-order valence-corrected chi connectivity index (χ0v) is 5.77. The Labute approximate surface area is 63.8 Å². The molecule has 0 unspecified atom stereocenters. The number of amidine groups is 1. The molecule has 1 aliphatic rings. The first-order valence-corrected chi connectivity index (χ1v) is 3.04. The molecule has 1 rings (SSSR count). The van der Waals surface area contributed by atoms with Crippen molar-refractivity contribution in [2.45, 2.75) is 0 Å². The first-order chi connectivity index (χ1) is 5.30. The fourth-order valence-electron chi connectivity index (χ4n) is 0.551. The molecular formula is C7H7N3O. The molecule has 0 aromatic heterocycles. The van der Waals surface area contributed by atoms with Gasteiger partial charge in [-0.1, -0.05) is 6.08 Å². The van der Waals surface area contributed by atoms with Crippen LogP contribution in [-0.4, -0.2) is 18.0 Å². The van der Waals surface area contributed by atoms with Gasteiger partial charge in [-0.25, -0.2) is 9.98 Å². The molecule has 0 aromatic carbocycles. The summed E-state index contributed by atoms with van der Waals surface area (Å²) in [4.78, 5) is 17.9. The zero-order chi connectivity index (χ0) is 8.10. The minimum atomic E-state index is -0.624. The van der Waals surface area contributed by atoms with Crippen LogP contribution in [0.3, 0.4) is 0 Å². The lowest BCUT2D eigenvalue weighted by Crippen LogP contribution is -2.21. The second-order valence-electron chi connectivity index (χ2n) is 1.82. The molecule has 0 aliphatic carbocycles. The van der Waals surface area contributed by atoms with Crippen molar-refractivity contribution in [2.75, 3.05) is 0 Å². The zero-order valence-electron chi connectivity index (χ0n) is 5.77. The van der Waals surface area contributed by atoms with Crippen LogP contribution in [0.2, 0.25) is 0 Å². The first kappa shape index (κ1) is 7.40. The van der Waals surface area contributed by atoms with Crippen molar-refractivity contribution in [3.63, 3.8) is 0 Å². The Hall–Kier alpha value is -1.71. The van der Waals surface area contributed by atoms with Crippen molar-refractivity contribution >= 4 is 18.0 Å². The second kappa shape index (κ2) is 3.46. The summed E-state index contributed by atoms with van der Waals surface area (Å²) in [5.74, 6) is -0.605. The molecule has 0 saturated heterocycles. The van der Waals surface area contributed by atoms with Crippen molar-refractivity contribution < 1.29 is 4.79 Å². The summed E-state index contributed by atoms with van der Waals surface area (Å²) in [5.41, 5.74) is 4.95. The van der Waals surface area contributed by atoms with E-state index in [9.17, 15) is 4.79 Å². The highest BCUT2D eigenvalue weighted by atomic mass is 16.1. The molecule has 0 fully saturated rings. The fraction of sp³-hybridized carbons (Fsp3) is 0. The highest BCUT2D eigenvalue weighted by Gasteiger charge is 2.01. The monoisotopic (exact) mass is 149 g/mol. The predicted molar refractivity (Wildman–Crippen MR) is 43.4 cm³/mol. The van der Waals surface area contributed by atoms with E-state index in [1.54, 1.807) is 18.2 Å². The minimum absolute atomic E-state index is 0.0191. The molecule has 1 heterocycles. The third-order valence-electron chi connectivity index (χ3n) is 1.01. The Morgan fingerprint density at radius 2 is 2.18 bits per heavy atom. The maximum absolute atomic E-state index is 10.5. The van der Waals surface area contributed by atoms with E-state index in [0.29, 0.717) is 0 Å². The molecule has 56 valence electrons. The standard InChI is InChI=1S/C7H7N3O/c8-6(11)7-9-4-2-1-3-5-10-7/h1-5H,(H2,8,11)/b2-1-,3-1?,4-2?,5-3-,9-4-,9-7?,10-5?,10-7-. The number of nitrogens with zero attached hydrogens (tertiary/aromatic N) is 2. The number of allylic oxidation sites excluding steroid dienone is 3. The highest BCUT2D eigenvalue weighted by Crippen LogP contribution is 1.87. The third kappa shape index (κ3) is 2.17. The number of rotatable bonds is 1. The molecule has 1 aliphatic heterocycles. The number of carbonyl (C=O) groups excluding carboxylic acids is 1. The number of carbonyl (C=O) groups is 1. The first-order valence-electron chi connectivity index (χ1n) is 3.04. The number of hydrogen-bond donors (Lipinski definition) is 1. The maximum atomic E-state index is 10.5. The van der Waals surface area contributed by atoms with E-state index in [0.717, 1.165) is 0 Å². The Kier molecular flexibility index (Phi) is 2.32. The molecule has 0 atom stereocenters. The summed E-state index contributed by atoms with van der Waals surface area (Å²) in [6.45, 7) is 0. The molecule has 0 aromatic rings. The van der Waals surface area contributed by atoms with Gasteiger partial charge in [0, 0.05) is 12.4 Å². The smallest absolute Gasteiger partial charge is 0.286 e. The molecule has 4 heteroatoms. The van der Waals surface area contributed by atoms with E-state index >= 15 is 0 Å². The molecule has 0 saturated carbocycles. The topological polar surface area (TPSA) is 67.8 Å². The average Bonchev–Trinajstić information content (AvgIpc) is 1.84. The van der Waals surface area contributed by atoms with Crippen LogP contribution in [0.5, 0.6) is 0 Å². The van der Waals surface area contributed by atoms with Crippen LogP contribution < -0.4 is 5.73 Å². The lowest BCUT2D eigenvalue weighted by molar-refractivity contribution is -0.112. The van der Waals surface area contributed by atoms with E-state index in [2.05, 4.69) is 9.98 Å². The fourth-order valence-corrected chi connectivity index (χ4v) is 0.551. The normalized spacial score (nSPS) is 28.9. The molecule has 2 N–H and O–H groups in total. The molecule has 0 radical (unpaired) electrons. The largest absolute Gasteiger partial charge is 0.363 e. The van der Waals surface area contributed by atoms with Gasteiger partial charge in [0.2, 0.25) is 5.84 Å². The maximum Gasteiger partial charge on any atom is 0.286 e. The van der Waals surface area contributed by atoms with Crippen LogP contribution in [0.1, 0.15) is 0 Å². The molecule has 1 amide bonds. The molecule has 0 bridgehead atoms. The summed E-state index contributed by atoms with van der Waals surface area (Å²) in [5, 5.41) is 0. The summed E-state index contributed by atoms with van der Waals surface area (Å²) < 4.78 is 0. The summed E-state index contributed by atoms with van der Waals surface area (Å²) in [7, 11) is 0. The molecule has 0 spiro atoms. The number of hydrogen-bond acceptors (Lipinski definition) is 3. The Morgan fingerprint density at radius 1 is 1.36 bits per heavy atom. The van der Waals surface area contributed by atoms with Crippen molar-refractivity contribution in [2.24, 2.45) is 15.7 Å². The lowest BCUT2D eigenvalue weighted by Gasteiger charge is -1.91. The van der Waals surface area contributed by atoms with E-state index in [1.165, 1.54) is 12.4 Å². The Balaban J connectivity index is 2.87. The van der Waals surface area contributed by atoms with Gasteiger partial charge in [0.15, 0.2) is 0 Å². The van der Waals surface area contributed by atoms with Crippen LogP contribution in [0, 0.1) is 0 Å². The van der Waals surface area contributed by atoms with Crippen LogP contribution in [0.4, 0.5) is 0 Å². The van der Waals surface area contributed by atoms with Crippen molar-refractivity contribution in [3.05, 3.63) is 24.4 Å². The van der Waals surface area contributed by atoms with Crippen molar-refractivity contribution in [3.8, 4) is 0 Å². The number of primary amides is 1. The second-order valence-corrected chi connectivity index (χ2v) is 1.82. The van der Waals surface area contributed by atoms with Gasteiger partial charge in [-0.2, -0.15) is 0 Å². The lowest BCUT2D eigenvalue weighted by atomic mass is 10.4. The van der Waals surface area contributed by atoms with Gasteiger partial charge in [0.1, 0.15) is 0 Å². The van der Waals surface area contributed by atoms with Crippen molar-refractivity contribution in [1.82, 2.24) is 0 Å². The van der Waals surface area contributed by atoms with E-state index in [-0.39, 0.29) is 5.84 Å². The quantitative estimate of drug-likeness (QED) is 0.561. The molecular weight excluding hydrogens is 142 g/mol. The molecule has 11 heavy (non-hydrogen) atoms. The predicted octanol–water partition coefficient (Wildman–Crippen LogP) is 0.0245. The molecule has 4 nitrogen and oxygen atoms in total. The summed E-state index contributed by atoms with van der Waals surface area (Å²) >= 11 is 0. The number of amides is 1. The minimum Gasteiger partial charge on any atom is -0.363 e. The van der Waals surface area contributed by atoms with E-state index in [1.807, 2.05) is 0 Å². The number of nitrogens with two attached hydrogens (primary N) is 1. The van der Waals surface area contributed by atoms with Gasteiger partial charge in [0.25, 0.3) is 5.91 Å². The van der Waals surface area contributed by atoms with Gasteiger partial charge >= 0.3 is 0 Å².